The van der Waals surface area contributed by atoms with E-state index in [2.05, 4.69) is 61.2 Å². The van der Waals surface area contributed by atoms with E-state index in [1.807, 2.05) is 6.07 Å². The van der Waals surface area contributed by atoms with Gasteiger partial charge in [-0.1, -0.05) is 6.07 Å². The lowest BCUT2D eigenvalue weighted by molar-refractivity contribution is 0.0738. The van der Waals surface area contributed by atoms with E-state index in [9.17, 15) is 9.50 Å². The van der Waals surface area contributed by atoms with Crippen molar-refractivity contribution in [2.24, 2.45) is 0 Å². The molecule has 37 heavy (non-hydrogen) atoms. The number of piperazine rings is 1. The van der Waals surface area contributed by atoms with Gasteiger partial charge in [0.2, 0.25) is 5.95 Å². The van der Waals surface area contributed by atoms with Crippen LogP contribution < -0.4 is 15.1 Å². The van der Waals surface area contributed by atoms with E-state index in [4.69, 9.17) is 0 Å². The predicted octanol–water partition coefficient (Wildman–Crippen LogP) is 3.50. The molecule has 0 unspecified atom stereocenters. The number of benzene rings is 1. The molecule has 0 radical (unpaired) electrons. The first-order valence-corrected chi connectivity index (χ1v) is 12.5. The van der Waals surface area contributed by atoms with Crippen LogP contribution in [0.15, 0.2) is 48.8 Å². The summed E-state index contributed by atoms with van der Waals surface area (Å²) in [7, 11) is 4.31. The smallest absolute Gasteiger partial charge is 0.229 e. The number of hydrogen-bond donors (Lipinski definition) is 2. The molecule has 2 N–H and O–H groups in total. The standard InChI is InChI=1S/C27H31FN8O/c1-27(2,37)23-6-5-7-24(31-23)36-16-20(28)19-13-29-26(32-25(19)36)30-17-8-9-21-22(12-17)35-11-10-33(3)14-18(35)15-34(21)4/h5-9,12-13,16,18,37H,10-11,14-15H2,1-4H3,(H,29,30,32)/t18-/m1/s1. The van der Waals surface area contributed by atoms with Crippen molar-refractivity contribution in [1.29, 1.82) is 0 Å². The highest BCUT2D eigenvalue weighted by Crippen LogP contribution is 2.38. The zero-order chi connectivity index (χ0) is 25.9. The summed E-state index contributed by atoms with van der Waals surface area (Å²) < 4.78 is 16.4. The molecule has 0 amide bonds. The van der Waals surface area contributed by atoms with Crippen molar-refractivity contribution in [1.82, 2.24) is 24.4 Å². The lowest BCUT2D eigenvalue weighted by Gasteiger charge is -2.48. The number of aromatic nitrogens is 4. The number of hydrogen-bond acceptors (Lipinski definition) is 8. The van der Waals surface area contributed by atoms with E-state index in [0.717, 1.165) is 31.9 Å². The Morgan fingerprint density at radius 3 is 2.70 bits per heavy atom. The maximum absolute atomic E-state index is 14.8. The first kappa shape index (κ1) is 23.6. The van der Waals surface area contributed by atoms with Crippen LogP contribution in [-0.4, -0.2) is 75.8 Å². The zero-order valence-corrected chi connectivity index (χ0v) is 21.5. The van der Waals surface area contributed by atoms with Gasteiger partial charge in [0.15, 0.2) is 11.5 Å². The van der Waals surface area contributed by atoms with Crippen molar-refractivity contribution >= 4 is 34.0 Å². The van der Waals surface area contributed by atoms with Crippen LogP contribution in [0.2, 0.25) is 0 Å². The van der Waals surface area contributed by atoms with Gasteiger partial charge in [-0.25, -0.2) is 14.4 Å². The molecule has 1 atom stereocenters. The summed E-state index contributed by atoms with van der Waals surface area (Å²) in [5.41, 5.74) is 3.03. The van der Waals surface area contributed by atoms with Gasteiger partial charge in [-0.2, -0.15) is 4.98 Å². The number of nitrogens with one attached hydrogen (secondary N) is 1. The summed E-state index contributed by atoms with van der Waals surface area (Å²) in [5.74, 6) is 0.399. The molecule has 10 heteroatoms. The Morgan fingerprint density at radius 2 is 1.89 bits per heavy atom. The van der Waals surface area contributed by atoms with Crippen LogP contribution in [-0.2, 0) is 5.60 Å². The Labute approximate surface area is 215 Å². The van der Waals surface area contributed by atoms with E-state index in [0.29, 0.717) is 34.5 Å². The number of anilines is 4. The summed E-state index contributed by atoms with van der Waals surface area (Å²) in [6.07, 6.45) is 2.83. The Bertz CT molecular complexity index is 1480. The van der Waals surface area contributed by atoms with Crippen molar-refractivity contribution < 1.29 is 9.50 Å². The van der Waals surface area contributed by atoms with Crippen molar-refractivity contribution in [3.63, 3.8) is 0 Å². The molecule has 6 rings (SSSR count). The molecule has 192 valence electrons. The molecule has 5 heterocycles. The second-order valence-electron chi connectivity index (χ2n) is 10.5. The Hall–Kier alpha value is -3.76. The summed E-state index contributed by atoms with van der Waals surface area (Å²) in [4.78, 5) is 20.8. The topological polar surface area (TPSA) is 85.6 Å². The SMILES string of the molecule is CN1CCN2c3cc(Nc4ncc5c(F)cn(-c6cccc(C(C)(C)O)n6)c5n4)ccc3N(C)C[C@H]2C1. The highest BCUT2D eigenvalue weighted by atomic mass is 19.1. The molecule has 2 aliphatic rings. The number of likely N-dealkylation sites (N-methyl/N-ethyl adjacent to an activating group) is 2. The van der Waals surface area contributed by atoms with Gasteiger partial charge in [0.1, 0.15) is 11.4 Å². The molecule has 1 aromatic carbocycles. The van der Waals surface area contributed by atoms with Gasteiger partial charge in [-0.05, 0) is 51.2 Å². The van der Waals surface area contributed by atoms with Gasteiger partial charge >= 0.3 is 0 Å². The van der Waals surface area contributed by atoms with Crippen LogP contribution in [0.4, 0.5) is 27.4 Å². The van der Waals surface area contributed by atoms with Gasteiger partial charge < -0.3 is 25.1 Å². The predicted molar refractivity (Wildman–Crippen MR) is 143 cm³/mol. The van der Waals surface area contributed by atoms with Gasteiger partial charge in [0, 0.05) is 51.3 Å². The first-order valence-electron chi connectivity index (χ1n) is 12.5. The third-order valence-corrected chi connectivity index (χ3v) is 7.23. The van der Waals surface area contributed by atoms with Gasteiger partial charge in [0.05, 0.1) is 28.5 Å². The molecule has 1 saturated heterocycles. The molecule has 0 aliphatic carbocycles. The maximum atomic E-state index is 14.8. The van der Waals surface area contributed by atoms with Gasteiger partial charge in [-0.3, -0.25) is 4.57 Å². The molecule has 2 aliphatic heterocycles. The lowest BCUT2D eigenvalue weighted by Crippen LogP contribution is -2.58. The third-order valence-electron chi connectivity index (χ3n) is 7.23. The van der Waals surface area contributed by atoms with Crippen molar-refractivity contribution in [3.05, 3.63) is 60.3 Å². The van der Waals surface area contributed by atoms with Crippen LogP contribution in [0.1, 0.15) is 19.5 Å². The van der Waals surface area contributed by atoms with Crippen LogP contribution in [0, 0.1) is 5.82 Å². The summed E-state index contributed by atoms with van der Waals surface area (Å²) >= 11 is 0. The van der Waals surface area contributed by atoms with E-state index in [1.54, 1.807) is 36.6 Å². The molecule has 0 spiro atoms. The summed E-state index contributed by atoms with van der Waals surface area (Å²) in [6.45, 7) is 7.37. The third kappa shape index (κ3) is 4.25. The van der Waals surface area contributed by atoms with E-state index < -0.39 is 11.4 Å². The van der Waals surface area contributed by atoms with Gasteiger partial charge in [-0.15, -0.1) is 0 Å². The Morgan fingerprint density at radius 1 is 1.05 bits per heavy atom. The molecule has 9 nitrogen and oxygen atoms in total. The second-order valence-corrected chi connectivity index (χ2v) is 10.5. The Kier molecular flexibility index (Phi) is 5.54. The summed E-state index contributed by atoms with van der Waals surface area (Å²) in [6, 6.07) is 12.0. The number of pyridine rings is 1. The normalized spacial score (nSPS) is 18.2. The fourth-order valence-electron chi connectivity index (χ4n) is 5.28. The number of aliphatic hydroxyl groups is 1. The minimum absolute atomic E-state index is 0.299. The van der Waals surface area contributed by atoms with Crippen LogP contribution in [0.25, 0.3) is 16.9 Å². The minimum atomic E-state index is -1.12. The van der Waals surface area contributed by atoms with E-state index in [-0.39, 0.29) is 0 Å². The molecular formula is C27H31FN8O. The maximum Gasteiger partial charge on any atom is 0.229 e. The van der Waals surface area contributed by atoms with Crippen molar-refractivity contribution in [2.75, 3.05) is 55.4 Å². The fraction of sp³-hybridized carbons (Fsp3) is 0.370. The number of nitrogens with zero attached hydrogens (tertiary/aromatic N) is 7. The number of halogens is 1. The zero-order valence-electron chi connectivity index (χ0n) is 21.5. The quantitative estimate of drug-likeness (QED) is 0.439. The van der Waals surface area contributed by atoms with Crippen molar-refractivity contribution in [2.45, 2.75) is 25.5 Å². The second kappa shape index (κ2) is 8.67. The Balaban J connectivity index is 1.35. The molecular weight excluding hydrogens is 471 g/mol. The number of rotatable bonds is 4. The molecule has 3 aromatic heterocycles. The van der Waals surface area contributed by atoms with Crippen LogP contribution in [0.5, 0.6) is 0 Å². The van der Waals surface area contributed by atoms with Crippen LogP contribution >= 0.6 is 0 Å². The first-order chi connectivity index (χ1) is 17.7. The fourth-order valence-corrected chi connectivity index (χ4v) is 5.28. The lowest BCUT2D eigenvalue weighted by atomic mass is 10.0. The molecule has 0 saturated carbocycles. The minimum Gasteiger partial charge on any atom is -0.384 e. The average Bonchev–Trinajstić information content (AvgIpc) is 3.19. The van der Waals surface area contributed by atoms with Gasteiger partial charge in [0.25, 0.3) is 0 Å². The van der Waals surface area contributed by atoms with Crippen molar-refractivity contribution in [3.8, 4) is 5.82 Å². The van der Waals surface area contributed by atoms with E-state index in [1.165, 1.54) is 23.8 Å². The molecule has 0 bridgehead atoms. The molecule has 4 aromatic rings. The number of fused-ring (bicyclic) bond motifs is 4. The molecule has 1 fully saturated rings. The summed E-state index contributed by atoms with van der Waals surface area (Å²) in [5, 5.41) is 14.0. The largest absolute Gasteiger partial charge is 0.384 e. The highest BCUT2D eigenvalue weighted by molar-refractivity contribution is 5.81. The monoisotopic (exact) mass is 502 g/mol. The highest BCUT2D eigenvalue weighted by Gasteiger charge is 2.33. The van der Waals surface area contributed by atoms with E-state index >= 15 is 0 Å². The van der Waals surface area contributed by atoms with Crippen LogP contribution in [0.3, 0.4) is 0 Å². The average molecular weight is 503 g/mol.